The van der Waals surface area contributed by atoms with Crippen molar-refractivity contribution in [2.45, 2.75) is 37.6 Å². The summed E-state index contributed by atoms with van der Waals surface area (Å²) in [6.07, 6.45) is -0.239. The average molecular weight is 404 g/mol. The summed E-state index contributed by atoms with van der Waals surface area (Å²) in [6.45, 7) is 4.51. The van der Waals surface area contributed by atoms with E-state index in [1.54, 1.807) is 28.6 Å². The number of anilines is 1. The molecule has 148 valence electrons. The van der Waals surface area contributed by atoms with E-state index in [4.69, 9.17) is 4.74 Å². The fraction of sp³-hybridized carbons (Fsp3) is 0.421. The van der Waals surface area contributed by atoms with Gasteiger partial charge in [0, 0.05) is 30.2 Å². The SMILES string of the molecule is C[C@H]1CN(C(=O)C(=O)Nc2c3c(nn2-c2ccc(F)cc2)CSC3)C[C@H](C)O1. The Morgan fingerprint density at radius 2 is 1.86 bits per heavy atom. The van der Waals surface area contributed by atoms with Crippen molar-refractivity contribution in [1.82, 2.24) is 14.7 Å². The van der Waals surface area contributed by atoms with Crippen LogP contribution in [0, 0.1) is 5.82 Å². The maximum Gasteiger partial charge on any atom is 0.315 e. The van der Waals surface area contributed by atoms with Gasteiger partial charge in [-0.25, -0.2) is 9.07 Å². The van der Waals surface area contributed by atoms with Gasteiger partial charge in [0.25, 0.3) is 0 Å². The van der Waals surface area contributed by atoms with E-state index in [1.807, 2.05) is 13.8 Å². The van der Waals surface area contributed by atoms with E-state index in [9.17, 15) is 14.0 Å². The van der Waals surface area contributed by atoms with Crippen molar-refractivity contribution in [3.63, 3.8) is 0 Å². The first-order valence-corrected chi connectivity index (χ1v) is 10.3. The van der Waals surface area contributed by atoms with Crippen LogP contribution in [0.5, 0.6) is 0 Å². The van der Waals surface area contributed by atoms with Crippen molar-refractivity contribution >= 4 is 29.4 Å². The molecule has 1 saturated heterocycles. The van der Waals surface area contributed by atoms with E-state index in [0.29, 0.717) is 30.3 Å². The van der Waals surface area contributed by atoms with Gasteiger partial charge in [-0.15, -0.1) is 0 Å². The first kappa shape index (κ1) is 18.9. The summed E-state index contributed by atoms with van der Waals surface area (Å²) in [5.41, 5.74) is 2.39. The van der Waals surface area contributed by atoms with Crippen molar-refractivity contribution in [2.24, 2.45) is 0 Å². The second-order valence-corrected chi connectivity index (χ2v) is 8.06. The zero-order valence-corrected chi connectivity index (χ0v) is 16.5. The molecule has 0 saturated carbocycles. The average Bonchev–Trinajstić information content (AvgIpc) is 3.23. The van der Waals surface area contributed by atoms with Crippen LogP contribution in [-0.2, 0) is 25.8 Å². The normalized spacial score (nSPS) is 21.5. The number of amides is 2. The minimum Gasteiger partial charge on any atom is -0.372 e. The zero-order valence-electron chi connectivity index (χ0n) is 15.6. The summed E-state index contributed by atoms with van der Waals surface area (Å²) >= 11 is 1.70. The van der Waals surface area contributed by atoms with Gasteiger partial charge in [-0.1, -0.05) is 0 Å². The van der Waals surface area contributed by atoms with Gasteiger partial charge in [0.15, 0.2) is 0 Å². The molecule has 0 unspecified atom stereocenters. The second-order valence-electron chi connectivity index (χ2n) is 7.08. The Hall–Kier alpha value is -2.39. The van der Waals surface area contributed by atoms with E-state index < -0.39 is 11.8 Å². The minimum atomic E-state index is -0.704. The molecule has 7 nitrogen and oxygen atoms in total. The van der Waals surface area contributed by atoms with Gasteiger partial charge in [-0.2, -0.15) is 16.9 Å². The number of rotatable bonds is 2. The standard InChI is InChI=1S/C19H21FN4O3S/c1-11-7-23(8-12(2)27-11)19(26)18(25)21-17-15-9-28-10-16(15)22-24(17)14-5-3-13(20)4-6-14/h3-6,11-12H,7-10H2,1-2H3,(H,21,25)/t11-,12-/m0/s1. The number of fused-ring (bicyclic) bond motifs is 1. The van der Waals surface area contributed by atoms with E-state index in [-0.39, 0.29) is 18.0 Å². The topological polar surface area (TPSA) is 76.5 Å². The highest BCUT2D eigenvalue weighted by Crippen LogP contribution is 2.36. The van der Waals surface area contributed by atoms with Gasteiger partial charge in [0.05, 0.1) is 23.6 Å². The highest BCUT2D eigenvalue weighted by atomic mass is 32.2. The summed E-state index contributed by atoms with van der Waals surface area (Å²) < 4.78 is 20.5. The Morgan fingerprint density at radius 3 is 2.54 bits per heavy atom. The van der Waals surface area contributed by atoms with Crippen LogP contribution in [0.4, 0.5) is 10.2 Å². The number of benzene rings is 1. The fourth-order valence-electron chi connectivity index (χ4n) is 3.56. The molecule has 1 N–H and O–H groups in total. The molecule has 28 heavy (non-hydrogen) atoms. The third kappa shape index (κ3) is 3.64. The quantitative estimate of drug-likeness (QED) is 0.778. The largest absolute Gasteiger partial charge is 0.372 e. The van der Waals surface area contributed by atoms with Crippen LogP contribution in [0.2, 0.25) is 0 Å². The van der Waals surface area contributed by atoms with Crippen molar-refractivity contribution in [3.05, 3.63) is 41.3 Å². The lowest BCUT2D eigenvalue weighted by atomic mass is 10.2. The number of morpholine rings is 1. The van der Waals surface area contributed by atoms with Crippen LogP contribution in [0.15, 0.2) is 24.3 Å². The predicted octanol–water partition coefficient (Wildman–Crippen LogP) is 2.33. The summed E-state index contributed by atoms with van der Waals surface area (Å²) in [4.78, 5) is 26.9. The van der Waals surface area contributed by atoms with Crippen LogP contribution in [-0.4, -0.2) is 51.8 Å². The highest BCUT2D eigenvalue weighted by Gasteiger charge is 2.32. The molecule has 0 aliphatic carbocycles. The van der Waals surface area contributed by atoms with Gasteiger partial charge in [0.1, 0.15) is 11.6 Å². The lowest BCUT2D eigenvalue weighted by molar-refractivity contribution is -0.151. The van der Waals surface area contributed by atoms with E-state index in [1.165, 1.54) is 17.0 Å². The number of ether oxygens (including phenoxy) is 1. The first-order valence-electron chi connectivity index (χ1n) is 9.12. The number of nitrogens with one attached hydrogen (secondary N) is 1. The van der Waals surface area contributed by atoms with Gasteiger partial charge in [-0.05, 0) is 38.1 Å². The molecule has 0 spiro atoms. The molecule has 1 aromatic carbocycles. The number of nitrogens with zero attached hydrogens (tertiary/aromatic N) is 3. The fourth-order valence-corrected chi connectivity index (χ4v) is 4.59. The zero-order chi connectivity index (χ0) is 19.8. The molecule has 2 aliphatic heterocycles. The third-order valence-electron chi connectivity index (χ3n) is 4.76. The number of carbonyl (C=O) groups excluding carboxylic acids is 2. The molecule has 2 aromatic rings. The summed E-state index contributed by atoms with van der Waals surface area (Å²) in [6, 6.07) is 5.86. The molecular formula is C19H21FN4O3S. The summed E-state index contributed by atoms with van der Waals surface area (Å²) in [5, 5.41) is 7.31. The van der Waals surface area contributed by atoms with Gasteiger partial charge in [-0.3, -0.25) is 9.59 Å². The van der Waals surface area contributed by atoms with Crippen LogP contribution in [0.3, 0.4) is 0 Å². The van der Waals surface area contributed by atoms with Crippen molar-refractivity contribution in [3.8, 4) is 5.69 Å². The molecule has 0 radical (unpaired) electrons. The number of carbonyl (C=O) groups is 2. The Kier molecular flexibility index (Phi) is 5.11. The molecule has 1 fully saturated rings. The van der Waals surface area contributed by atoms with Crippen molar-refractivity contribution in [1.29, 1.82) is 0 Å². The molecule has 2 aliphatic rings. The molecule has 2 atom stereocenters. The number of halogens is 1. The molecule has 0 bridgehead atoms. The highest BCUT2D eigenvalue weighted by molar-refractivity contribution is 7.98. The number of aromatic nitrogens is 2. The van der Waals surface area contributed by atoms with Crippen LogP contribution in [0.25, 0.3) is 5.69 Å². The predicted molar refractivity (Wildman–Crippen MR) is 104 cm³/mol. The first-order chi connectivity index (χ1) is 13.4. The smallest absolute Gasteiger partial charge is 0.315 e. The molecule has 9 heteroatoms. The Balaban J connectivity index is 1.59. The van der Waals surface area contributed by atoms with E-state index in [0.717, 1.165) is 17.0 Å². The molecule has 3 heterocycles. The molecule has 2 amide bonds. The molecular weight excluding hydrogens is 383 g/mol. The second kappa shape index (κ2) is 7.56. The van der Waals surface area contributed by atoms with Crippen LogP contribution >= 0.6 is 11.8 Å². The number of hydrogen-bond donors (Lipinski definition) is 1. The van der Waals surface area contributed by atoms with E-state index in [2.05, 4.69) is 10.4 Å². The van der Waals surface area contributed by atoms with Crippen LogP contribution in [0.1, 0.15) is 25.1 Å². The Morgan fingerprint density at radius 1 is 1.18 bits per heavy atom. The van der Waals surface area contributed by atoms with E-state index >= 15 is 0 Å². The van der Waals surface area contributed by atoms with Crippen LogP contribution < -0.4 is 5.32 Å². The maximum atomic E-state index is 13.3. The molecule has 1 aromatic heterocycles. The third-order valence-corrected chi connectivity index (χ3v) is 5.73. The lowest BCUT2D eigenvalue weighted by Gasteiger charge is -2.34. The monoisotopic (exact) mass is 404 g/mol. The number of hydrogen-bond acceptors (Lipinski definition) is 5. The summed E-state index contributed by atoms with van der Waals surface area (Å²) in [5.74, 6) is 0.261. The van der Waals surface area contributed by atoms with Gasteiger partial charge < -0.3 is 15.0 Å². The van der Waals surface area contributed by atoms with Gasteiger partial charge in [0.2, 0.25) is 0 Å². The minimum absolute atomic E-state index is 0.120. The Bertz CT molecular complexity index is 905. The summed E-state index contributed by atoms with van der Waals surface area (Å²) in [7, 11) is 0. The molecule has 4 rings (SSSR count). The Labute approximate surface area is 166 Å². The van der Waals surface area contributed by atoms with Crippen molar-refractivity contribution in [2.75, 3.05) is 18.4 Å². The maximum absolute atomic E-state index is 13.3. The lowest BCUT2D eigenvalue weighted by Crippen LogP contribution is -2.51. The van der Waals surface area contributed by atoms with Gasteiger partial charge >= 0.3 is 11.8 Å². The number of thioether (sulfide) groups is 1. The van der Waals surface area contributed by atoms with Crippen molar-refractivity contribution < 1.29 is 18.7 Å².